The Kier molecular flexibility index (Phi) is 4.66. The molecule has 0 radical (unpaired) electrons. The molecule has 2 unspecified atom stereocenters. The summed E-state index contributed by atoms with van der Waals surface area (Å²) in [7, 11) is 0. The Bertz CT molecular complexity index is 545. The number of pyridine rings is 1. The molecular weight excluding hydrogens is 307 g/mol. The topological polar surface area (TPSA) is 24.9 Å². The molecule has 0 amide bonds. The highest BCUT2D eigenvalue weighted by Gasteiger charge is 2.14. The van der Waals surface area contributed by atoms with E-state index in [0.717, 1.165) is 10.0 Å². The first kappa shape index (κ1) is 14.2. The average Bonchev–Trinajstić information content (AvgIpc) is 2.42. The first-order valence-electron chi connectivity index (χ1n) is 6.19. The van der Waals surface area contributed by atoms with E-state index in [1.165, 1.54) is 6.07 Å². The third kappa shape index (κ3) is 3.61. The lowest BCUT2D eigenvalue weighted by Crippen LogP contribution is -2.23. The molecule has 0 fully saturated rings. The van der Waals surface area contributed by atoms with Gasteiger partial charge in [-0.2, -0.15) is 0 Å². The fraction of sp³-hybridized carbons (Fsp3) is 0.267. The predicted molar refractivity (Wildman–Crippen MR) is 78.3 cm³/mol. The lowest BCUT2D eigenvalue weighted by Gasteiger charge is -2.21. The minimum atomic E-state index is -0.193. The van der Waals surface area contributed by atoms with Gasteiger partial charge in [0.1, 0.15) is 5.82 Å². The van der Waals surface area contributed by atoms with Gasteiger partial charge in [-0.1, -0.05) is 22.0 Å². The first-order chi connectivity index (χ1) is 9.08. The van der Waals surface area contributed by atoms with E-state index < -0.39 is 0 Å². The normalized spacial score (nSPS) is 14.1. The van der Waals surface area contributed by atoms with Crippen LogP contribution in [0.15, 0.2) is 47.2 Å². The van der Waals surface area contributed by atoms with Crippen molar-refractivity contribution in [2.45, 2.75) is 25.9 Å². The first-order valence-corrected chi connectivity index (χ1v) is 6.98. The monoisotopic (exact) mass is 322 g/mol. The van der Waals surface area contributed by atoms with Crippen LogP contribution in [0.1, 0.15) is 37.1 Å². The molecule has 2 rings (SSSR count). The molecule has 100 valence electrons. The van der Waals surface area contributed by atoms with Crippen LogP contribution in [-0.2, 0) is 0 Å². The van der Waals surface area contributed by atoms with Crippen LogP contribution in [0, 0.1) is 5.82 Å². The van der Waals surface area contributed by atoms with E-state index in [-0.39, 0.29) is 17.9 Å². The average molecular weight is 323 g/mol. The van der Waals surface area contributed by atoms with E-state index in [9.17, 15) is 4.39 Å². The second kappa shape index (κ2) is 6.26. The number of hydrogen-bond donors (Lipinski definition) is 1. The fourth-order valence-corrected chi connectivity index (χ4v) is 2.42. The number of nitrogens with one attached hydrogen (secondary N) is 1. The number of hydrogen-bond acceptors (Lipinski definition) is 2. The maximum atomic E-state index is 13.8. The van der Waals surface area contributed by atoms with Gasteiger partial charge in [-0.25, -0.2) is 4.39 Å². The van der Waals surface area contributed by atoms with Crippen LogP contribution < -0.4 is 5.32 Å². The van der Waals surface area contributed by atoms with Crippen LogP contribution in [0.25, 0.3) is 0 Å². The Balaban J connectivity index is 2.13. The lowest BCUT2D eigenvalue weighted by molar-refractivity contribution is 0.473. The van der Waals surface area contributed by atoms with E-state index in [2.05, 4.69) is 26.2 Å². The minimum absolute atomic E-state index is 0.0762. The molecular formula is C15H16BrFN2. The Morgan fingerprint density at radius 3 is 2.68 bits per heavy atom. The Morgan fingerprint density at radius 1 is 1.21 bits per heavy atom. The molecule has 4 heteroatoms. The van der Waals surface area contributed by atoms with E-state index in [1.54, 1.807) is 12.3 Å². The van der Waals surface area contributed by atoms with Gasteiger partial charge >= 0.3 is 0 Å². The highest BCUT2D eigenvalue weighted by atomic mass is 79.9. The van der Waals surface area contributed by atoms with Crippen molar-refractivity contribution in [3.63, 3.8) is 0 Å². The molecule has 2 aromatic rings. The molecule has 0 bridgehead atoms. The highest BCUT2D eigenvalue weighted by molar-refractivity contribution is 9.10. The molecule has 19 heavy (non-hydrogen) atoms. The van der Waals surface area contributed by atoms with Crippen molar-refractivity contribution in [1.82, 2.24) is 10.3 Å². The fourth-order valence-electron chi connectivity index (χ4n) is 2.04. The molecule has 0 aliphatic rings. The predicted octanol–water partition coefficient (Wildman–Crippen LogP) is 4.40. The number of aromatic nitrogens is 1. The summed E-state index contributed by atoms with van der Waals surface area (Å²) in [6.07, 6.45) is 3.56. The highest BCUT2D eigenvalue weighted by Crippen LogP contribution is 2.24. The van der Waals surface area contributed by atoms with Crippen LogP contribution in [0.5, 0.6) is 0 Å². The molecule has 1 aromatic heterocycles. The van der Waals surface area contributed by atoms with Gasteiger partial charge in [-0.3, -0.25) is 4.98 Å². The van der Waals surface area contributed by atoms with Gasteiger partial charge in [0.15, 0.2) is 0 Å². The zero-order valence-corrected chi connectivity index (χ0v) is 12.5. The largest absolute Gasteiger partial charge is 0.303 e. The third-order valence-corrected chi connectivity index (χ3v) is 3.60. The standard InChI is InChI=1S/C15H16BrFN2/c1-10(12-4-3-7-18-9-12)19-11(2)14-8-13(16)5-6-15(14)17/h3-11,19H,1-2H3. The second-order valence-electron chi connectivity index (χ2n) is 4.56. The van der Waals surface area contributed by atoms with Crippen LogP contribution in [0.2, 0.25) is 0 Å². The van der Waals surface area contributed by atoms with E-state index in [1.807, 2.05) is 38.2 Å². The van der Waals surface area contributed by atoms with E-state index in [0.29, 0.717) is 5.56 Å². The summed E-state index contributed by atoms with van der Waals surface area (Å²) < 4.78 is 14.7. The number of halogens is 2. The summed E-state index contributed by atoms with van der Waals surface area (Å²) in [6, 6.07) is 8.94. The molecule has 0 saturated heterocycles. The van der Waals surface area contributed by atoms with Crippen molar-refractivity contribution in [3.8, 4) is 0 Å². The second-order valence-corrected chi connectivity index (χ2v) is 5.48. The Labute approximate surface area is 121 Å². The molecule has 0 spiro atoms. The van der Waals surface area contributed by atoms with Gasteiger partial charge in [0.25, 0.3) is 0 Å². The molecule has 2 atom stereocenters. The van der Waals surface area contributed by atoms with Crippen molar-refractivity contribution in [2.24, 2.45) is 0 Å². The van der Waals surface area contributed by atoms with Gasteiger partial charge in [0.2, 0.25) is 0 Å². The minimum Gasteiger partial charge on any atom is -0.303 e. The van der Waals surface area contributed by atoms with Gasteiger partial charge in [0, 0.05) is 34.5 Å². The summed E-state index contributed by atoms with van der Waals surface area (Å²) in [5.41, 5.74) is 1.75. The van der Waals surface area contributed by atoms with Gasteiger partial charge in [-0.15, -0.1) is 0 Å². The summed E-state index contributed by atoms with van der Waals surface area (Å²) >= 11 is 3.37. The SMILES string of the molecule is CC(NC(C)c1cc(Br)ccc1F)c1cccnc1. The van der Waals surface area contributed by atoms with Crippen LogP contribution in [-0.4, -0.2) is 4.98 Å². The summed E-state index contributed by atoms with van der Waals surface area (Å²) in [4.78, 5) is 4.10. The number of nitrogens with zero attached hydrogens (tertiary/aromatic N) is 1. The third-order valence-electron chi connectivity index (χ3n) is 3.11. The zero-order chi connectivity index (χ0) is 13.8. The van der Waals surface area contributed by atoms with Crippen LogP contribution >= 0.6 is 15.9 Å². The van der Waals surface area contributed by atoms with E-state index in [4.69, 9.17) is 0 Å². The van der Waals surface area contributed by atoms with Crippen LogP contribution in [0.3, 0.4) is 0 Å². The van der Waals surface area contributed by atoms with Gasteiger partial charge < -0.3 is 5.32 Å². The molecule has 1 heterocycles. The molecule has 1 aromatic carbocycles. The van der Waals surface area contributed by atoms with Crippen molar-refractivity contribution in [3.05, 3.63) is 64.1 Å². The molecule has 0 saturated carbocycles. The maximum absolute atomic E-state index is 13.8. The van der Waals surface area contributed by atoms with Crippen molar-refractivity contribution in [1.29, 1.82) is 0 Å². The summed E-state index contributed by atoms with van der Waals surface area (Å²) in [5, 5.41) is 3.38. The number of rotatable bonds is 4. The zero-order valence-electron chi connectivity index (χ0n) is 10.9. The molecule has 0 aliphatic carbocycles. The molecule has 1 N–H and O–H groups in total. The smallest absolute Gasteiger partial charge is 0.128 e. The van der Waals surface area contributed by atoms with E-state index >= 15 is 0 Å². The summed E-state index contributed by atoms with van der Waals surface area (Å²) in [6.45, 7) is 4.00. The lowest BCUT2D eigenvalue weighted by atomic mass is 10.0. The van der Waals surface area contributed by atoms with Crippen molar-refractivity contribution < 1.29 is 4.39 Å². The van der Waals surface area contributed by atoms with Crippen LogP contribution in [0.4, 0.5) is 4.39 Å². The van der Waals surface area contributed by atoms with Crippen molar-refractivity contribution in [2.75, 3.05) is 0 Å². The quantitative estimate of drug-likeness (QED) is 0.902. The Hall–Kier alpha value is -1.26. The summed E-state index contributed by atoms with van der Waals surface area (Å²) in [5.74, 6) is -0.193. The molecule has 2 nitrogen and oxygen atoms in total. The Morgan fingerprint density at radius 2 is 2.00 bits per heavy atom. The molecule has 0 aliphatic heterocycles. The van der Waals surface area contributed by atoms with Crippen molar-refractivity contribution >= 4 is 15.9 Å². The van der Waals surface area contributed by atoms with Gasteiger partial charge in [0.05, 0.1) is 0 Å². The van der Waals surface area contributed by atoms with Gasteiger partial charge in [-0.05, 0) is 43.7 Å². The number of benzene rings is 1. The maximum Gasteiger partial charge on any atom is 0.128 e.